The summed E-state index contributed by atoms with van der Waals surface area (Å²) in [7, 11) is 1.42. The van der Waals surface area contributed by atoms with E-state index in [1.807, 2.05) is 18.2 Å². The fraction of sp³-hybridized carbons (Fsp3) is 0.452. The van der Waals surface area contributed by atoms with Gasteiger partial charge in [0.25, 0.3) is 0 Å². The van der Waals surface area contributed by atoms with Gasteiger partial charge >= 0.3 is 5.97 Å². The molecule has 1 fully saturated rings. The topological polar surface area (TPSA) is 38.8 Å². The molecule has 2 aromatic rings. The summed E-state index contributed by atoms with van der Waals surface area (Å²) in [4.78, 5) is 14.7. The third-order valence-corrected chi connectivity index (χ3v) is 7.90. The number of fused-ring (bicyclic) bond motifs is 1. The molecule has 1 aliphatic carbocycles. The highest BCUT2D eigenvalue weighted by Crippen LogP contribution is 2.43. The van der Waals surface area contributed by atoms with Gasteiger partial charge in [0.1, 0.15) is 5.75 Å². The van der Waals surface area contributed by atoms with Gasteiger partial charge in [-0.2, -0.15) is 0 Å². The lowest BCUT2D eigenvalue weighted by atomic mass is 9.71. The number of benzene rings is 2. The first-order valence-corrected chi connectivity index (χ1v) is 12.9. The number of aryl methyl sites for hydroxylation is 2. The maximum atomic E-state index is 12.3. The van der Waals surface area contributed by atoms with Crippen LogP contribution in [-0.4, -0.2) is 32.8 Å². The number of hydrogen-bond acceptors (Lipinski definition) is 4. The van der Waals surface area contributed by atoms with Crippen LogP contribution in [0.15, 0.2) is 67.8 Å². The van der Waals surface area contributed by atoms with Crippen molar-refractivity contribution in [1.29, 1.82) is 0 Å². The Balaban J connectivity index is 1.57. The summed E-state index contributed by atoms with van der Waals surface area (Å²) in [6.07, 6.45) is 10.8. The molecule has 35 heavy (non-hydrogen) atoms. The monoisotopic (exact) mass is 473 g/mol. The van der Waals surface area contributed by atoms with Gasteiger partial charge in [0.15, 0.2) is 0 Å². The van der Waals surface area contributed by atoms with E-state index in [4.69, 9.17) is 9.47 Å². The van der Waals surface area contributed by atoms with Gasteiger partial charge in [-0.05, 0) is 81.0 Å². The predicted molar refractivity (Wildman–Crippen MR) is 143 cm³/mol. The van der Waals surface area contributed by atoms with E-state index in [0.29, 0.717) is 24.0 Å². The largest absolute Gasteiger partial charge is 0.490 e. The van der Waals surface area contributed by atoms with Crippen LogP contribution in [0.5, 0.6) is 5.75 Å². The second kappa shape index (κ2) is 11.2. The van der Waals surface area contributed by atoms with Crippen molar-refractivity contribution in [2.45, 2.75) is 45.4 Å². The average molecular weight is 474 g/mol. The Morgan fingerprint density at radius 1 is 1.20 bits per heavy atom. The molecule has 1 aliphatic heterocycles. The third-order valence-electron chi connectivity index (χ3n) is 7.90. The van der Waals surface area contributed by atoms with Crippen LogP contribution in [0.1, 0.15) is 53.6 Å². The minimum Gasteiger partial charge on any atom is -0.490 e. The summed E-state index contributed by atoms with van der Waals surface area (Å²) in [6, 6.07) is 14.4. The number of rotatable bonds is 10. The standard InChI is InChI=1S/C31H39NO3/c1-5-9-25-13-14-27(25)20-32-21-31(6-2,17-8-12-24-11-7-10-23(3)18-24)22-35-29-16-15-26(19-28(29)32)30(33)34-4/h5-7,10-11,15-16,18-19,25,27H,1-2,8-9,12-14,17,20-22H2,3-4H3/t25-,27+,31-/m1/s1. The normalized spacial score (nSPS) is 23.3. The maximum absolute atomic E-state index is 12.3. The number of anilines is 1. The minimum atomic E-state index is -0.321. The van der Waals surface area contributed by atoms with E-state index in [2.05, 4.69) is 55.3 Å². The molecular formula is C31H39NO3. The summed E-state index contributed by atoms with van der Waals surface area (Å²) < 4.78 is 11.4. The summed E-state index contributed by atoms with van der Waals surface area (Å²) in [5.74, 6) is 1.82. The van der Waals surface area contributed by atoms with E-state index in [-0.39, 0.29) is 11.4 Å². The molecule has 0 spiro atoms. The fourth-order valence-corrected chi connectivity index (χ4v) is 5.60. The Bertz CT molecular complexity index is 1060. The SMILES string of the molecule is C=CC[C@@H]1CC[C@H]1CN1C[C@@](C=C)(CCCc2cccc(C)c2)COc2ccc(C(=O)OC)cc21. The summed E-state index contributed by atoms with van der Waals surface area (Å²) in [5, 5.41) is 0. The van der Waals surface area contributed by atoms with Crippen molar-refractivity contribution >= 4 is 11.7 Å². The van der Waals surface area contributed by atoms with Crippen LogP contribution in [0, 0.1) is 24.2 Å². The van der Waals surface area contributed by atoms with E-state index in [1.165, 1.54) is 31.1 Å². The van der Waals surface area contributed by atoms with Crippen LogP contribution in [0.25, 0.3) is 0 Å². The first-order chi connectivity index (χ1) is 17.0. The quantitative estimate of drug-likeness (QED) is 0.282. The van der Waals surface area contributed by atoms with Gasteiger partial charge in [-0.3, -0.25) is 0 Å². The van der Waals surface area contributed by atoms with Gasteiger partial charge < -0.3 is 14.4 Å². The van der Waals surface area contributed by atoms with Crippen molar-refractivity contribution in [1.82, 2.24) is 0 Å². The van der Waals surface area contributed by atoms with Gasteiger partial charge in [0.05, 0.1) is 25.0 Å². The summed E-state index contributed by atoms with van der Waals surface area (Å²) in [6.45, 7) is 12.7. The Morgan fingerprint density at radius 3 is 2.71 bits per heavy atom. The maximum Gasteiger partial charge on any atom is 0.337 e. The number of carbonyl (C=O) groups excluding carboxylic acids is 1. The molecule has 3 atom stereocenters. The molecule has 186 valence electrons. The van der Waals surface area contributed by atoms with Crippen LogP contribution < -0.4 is 9.64 Å². The van der Waals surface area contributed by atoms with Gasteiger partial charge in [-0.1, -0.05) is 42.0 Å². The highest BCUT2D eigenvalue weighted by Gasteiger charge is 2.38. The number of allylic oxidation sites excluding steroid dienone is 1. The van der Waals surface area contributed by atoms with Crippen molar-refractivity contribution in [2.24, 2.45) is 17.3 Å². The van der Waals surface area contributed by atoms with Gasteiger partial charge in [0, 0.05) is 18.5 Å². The number of esters is 1. The number of hydrogen-bond donors (Lipinski definition) is 0. The van der Waals surface area contributed by atoms with Gasteiger partial charge in [-0.25, -0.2) is 4.79 Å². The zero-order valence-corrected chi connectivity index (χ0v) is 21.3. The van der Waals surface area contributed by atoms with Crippen molar-refractivity contribution in [3.63, 3.8) is 0 Å². The van der Waals surface area contributed by atoms with Crippen LogP contribution >= 0.6 is 0 Å². The lowest BCUT2D eigenvalue weighted by molar-refractivity contribution is 0.0600. The molecule has 1 heterocycles. The average Bonchev–Trinajstić information content (AvgIpc) is 3.01. The number of methoxy groups -OCH3 is 1. The van der Waals surface area contributed by atoms with E-state index < -0.39 is 0 Å². The number of carbonyl (C=O) groups is 1. The van der Waals surface area contributed by atoms with Crippen LogP contribution in [0.3, 0.4) is 0 Å². The van der Waals surface area contributed by atoms with Gasteiger partial charge in [-0.15, -0.1) is 13.2 Å². The Morgan fingerprint density at radius 2 is 2.03 bits per heavy atom. The van der Waals surface area contributed by atoms with E-state index in [1.54, 1.807) is 6.07 Å². The van der Waals surface area contributed by atoms with Crippen LogP contribution in [-0.2, 0) is 11.2 Å². The molecule has 4 heteroatoms. The molecule has 0 unspecified atom stereocenters. The highest BCUT2D eigenvalue weighted by atomic mass is 16.5. The molecule has 0 amide bonds. The summed E-state index contributed by atoms with van der Waals surface area (Å²) >= 11 is 0. The van der Waals surface area contributed by atoms with E-state index in [0.717, 1.165) is 50.2 Å². The second-order valence-electron chi connectivity index (χ2n) is 10.4. The van der Waals surface area contributed by atoms with Crippen LogP contribution in [0.4, 0.5) is 5.69 Å². The lowest BCUT2D eigenvalue weighted by Gasteiger charge is -2.42. The van der Waals surface area contributed by atoms with Gasteiger partial charge in [0.2, 0.25) is 0 Å². The molecule has 4 nitrogen and oxygen atoms in total. The molecule has 0 bridgehead atoms. The molecule has 0 aromatic heterocycles. The molecule has 2 aromatic carbocycles. The zero-order chi connectivity index (χ0) is 24.8. The van der Waals surface area contributed by atoms with Crippen molar-refractivity contribution in [3.8, 4) is 5.75 Å². The lowest BCUT2D eigenvalue weighted by Crippen LogP contribution is -2.44. The third kappa shape index (κ3) is 5.80. The second-order valence-corrected chi connectivity index (χ2v) is 10.4. The molecule has 0 N–H and O–H groups in total. The molecule has 0 saturated heterocycles. The minimum absolute atomic E-state index is 0.161. The van der Waals surface area contributed by atoms with Crippen LogP contribution in [0.2, 0.25) is 0 Å². The highest BCUT2D eigenvalue weighted by molar-refractivity contribution is 5.91. The molecular weight excluding hydrogens is 434 g/mol. The smallest absolute Gasteiger partial charge is 0.337 e. The Hall–Kier alpha value is -3.01. The number of nitrogens with zero attached hydrogens (tertiary/aromatic N) is 1. The van der Waals surface area contributed by atoms with Crippen molar-refractivity contribution < 1.29 is 14.3 Å². The predicted octanol–water partition coefficient (Wildman–Crippen LogP) is 6.78. The first-order valence-electron chi connectivity index (χ1n) is 12.9. The fourth-order valence-electron chi connectivity index (χ4n) is 5.60. The van der Waals surface area contributed by atoms with Crippen molar-refractivity contribution in [2.75, 3.05) is 31.7 Å². The molecule has 1 saturated carbocycles. The van der Waals surface area contributed by atoms with Crippen molar-refractivity contribution in [3.05, 3.63) is 84.5 Å². The molecule has 0 radical (unpaired) electrons. The Labute approximate surface area is 210 Å². The van der Waals surface area contributed by atoms with E-state index in [9.17, 15) is 4.79 Å². The number of ether oxygens (including phenoxy) is 2. The first kappa shape index (κ1) is 25.1. The molecule has 2 aliphatic rings. The van der Waals surface area contributed by atoms with E-state index >= 15 is 0 Å². The Kier molecular flexibility index (Phi) is 8.00. The summed E-state index contributed by atoms with van der Waals surface area (Å²) in [5.41, 5.74) is 4.06. The molecule has 4 rings (SSSR count). The zero-order valence-electron chi connectivity index (χ0n) is 21.3.